The van der Waals surface area contributed by atoms with E-state index in [0.717, 1.165) is 0 Å². The molecule has 1 rings (SSSR count). The van der Waals surface area contributed by atoms with Gasteiger partial charge in [-0.1, -0.05) is 32.1 Å². The molecule has 0 saturated heterocycles. The van der Waals surface area contributed by atoms with Crippen LogP contribution in [0.15, 0.2) is 6.07 Å². The molecule has 0 nitrogen and oxygen atoms in total. The molecule has 0 N–H and O–H groups in total. The number of hydrogen-bond acceptors (Lipinski definition) is 0. The molecule has 0 aromatic heterocycles. The van der Waals surface area contributed by atoms with Crippen molar-refractivity contribution in [1.29, 1.82) is 0 Å². The lowest BCUT2D eigenvalue weighted by atomic mass is 9.99. The summed E-state index contributed by atoms with van der Waals surface area (Å²) in [5.74, 6) is 0. The quantitative estimate of drug-likeness (QED) is 0.608. The fourth-order valence-corrected chi connectivity index (χ4v) is 1.58. The van der Waals surface area contributed by atoms with Gasteiger partial charge in [-0.2, -0.15) is 0 Å². The highest BCUT2D eigenvalue weighted by atomic mass is 14.0. The molecule has 0 heteroatoms. The van der Waals surface area contributed by atoms with Gasteiger partial charge in [0, 0.05) is 0 Å². The van der Waals surface area contributed by atoms with Gasteiger partial charge < -0.3 is 0 Å². The monoisotopic (exact) mass is 204 g/mol. The van der Waals surface area contributed by atoms with Crippen LogP contribution < -0.4 is 10.4 Å². The first-order valence-electron chi connectivity index (χ1n) is 5.68. The van der Waals surface area contributed by atoms with Crippen molar-refractivity contribution in [2.45, 2.75) is 48.5 Å². The van der Waals surface area contributed by atoms with Crippen molar-refractivity contribution < 1.29 is 0 Å². The van der Waals surface area contributed by atoms with E-state index in [9.17, 15) is 0 Å². The first-order valence-corrected chi connectivity index (χ1v) is 5.68. The van der Waals surface area contributed by atoms with E-state index in [1.165, 1.54) is 32.7 Å². The fraction of sp³-hybridized carbons (Fsp3) is 0.467. The van der Waals surface area contributed by atoms with Crippen molar-refractivity contribution in [1.82, 2.24) is 0 Å². The van der Waals surface area contributed by atoms with Crippen LogP contribution in [-0.2, 0) is 0 Å². The van der Waals surface area contributed by atoms with Gasteiger partial charge in [0.25, 0.3) is 0 Å². The van der Waals surface area contributed by atoms with Gasteiger partial charge in [-0.3, -0.25) is 0 Å². The summed E-state index contributed by atoms with van der Waals surface area (Å²) in [6.07, 6.45) is 0. The molecule has 0 heterocycles. The predicted octanol–water partition coefficient (Wildman–Crippen LogP) is 3.24. The lowest BCUT2D eigenvalue weighted by molar-refractivity contribution is 1.21. The van der Waals surface area contributed by atoms with E-state index in [0.29, 0.717) is 0 Å². The topological polar surface area (TPSA) is 0 Å². The van der Waals surface area contributed by atoms with E-state index in [-0.39, 0.29) is 0 Å². The summed E-state index contributed by atoms with van der Waals surface area (Å²) < 4.78 is 0. The summed E-state index contributed by atoms with van der Waals surface area (Å²) in [5.41, 5.74) is 5.41. The molecule has 0 spiro atoms. The maximum absolute atomic E-state index is 4.12. The average molecular weight is 204 g/mol. The molecule has 0 aliphatic rings. The highest BCUT2D eigenvalue weighted by Gasteiger charge is 1.99. The van der Waals surface area contributed by atoms with Crippen LogP contribution in [0.5, 0.6) is 0 Å². The van der Waals surface area contributed by atoms with E-state index >= 15 is 0 Å². The number of aryl methyl sites for hydroxylation is 1. The van der Waals surface area contributed by atoms with Gasteiger partial charge in [0.2, 0.25) is 0 Å². The second-order valence-electron chi connectivity index (χ2n) is 3.97. The zero-order valence-corrected chi connectivity index (χ0v) is 11.3. The molecule has 0 unspecified atom stereocenters. The minimum atomic E-state index is 1.18. The van der Waals surface area contributed by atoms with E-state index in [2.05, 4.69) is 47.3 Å². The first kappa shape index (κ1) is 14.0. The number of rotatable bonds is 0. The normalized spacial score (nSPS) is 9.27. The molecule has 84 valence electrons. The van der Waals surface area contributed by atoms with Gasteiger partial charge in [-0.15, -0.1) is 0 Å². The van der Waals surface area contributed by atoms with Gasteiger partial charge in [0.1, 0.15) is 0 Å². The molecule has 0 aliphatic heterocycles. The van der Waals surface area contributed by atoms with Crippen LogP contribution in [0.4, 0.5) is 0 Å². The van der Waals surface area contributed by atoms with Gasteiger partial charge in [-0.05, 0) is 61.7 Å². The summed E-state index contributed by atoms with van der Waals surface area (Å²) in [4.78, 5) is 0. The van der Waals surface area contributed by atoms with Gasteiger partial charge in [0.15, 0.2) is 0 Å². The highest BCUT2D eigenvalue weighted by Crippen LogP contribution is 2.05. The van der Waals surface area contributed by atoms with Crippen LogP contribution in [0.3, 0.4) is 0 Å². The average Bonchev–Trinajstić information content (AvgIpc) is 2.23. The molecular weight excluding hydrogens is 180 g/mol. The molecular formula is C15H24. The van der Waals surface area contributed by atoms with Crippen molar-refractivity contribution in [2.75, 3.05) is 0 Å². The minimum absolute atomic E-state index is 1.18. The smallest absolute Gasteiger partial charge is 0.0198 e. The van der Waals surface area contributed by atoms with Crippen LogP contribution in [0.2, 0.25) is 0 Å². The Balaban J connectivity index is 0.000000921. The Morgan fingerprint density at radius 1 is 1.00 bits per heavy atom. The zero-order chi connectivity index (χ0) is 12.2. The van der Waals surface area contributed by atoms with Gasteiger partial charge in [0.05, 0.1) is 0 Å². The summed E-state index contributed by atoms with van der Waals surface area (Å²) in [6.45, 7) is 18.9. The molecule has 15 heavy (non-hydrogen) atoms. The van der Waals surface area contributed by atoms with Crippen LogP contribution in [0, 0.1) is 20.8 Å². The summed E-state index contributed by atoms with van der Waals surface area (Å²) >= 11 is 0. The Morgan fingerprint density at radius 2 is 1.47 bits per heavy atom. The second kappa shape index (κ2) is 5.75. The Bertz CT molecular complexity index is 432. The Labute approximate surface area is 94.3 Å². The third-order valence-electron chi connectivity index (χ3n) is 2.83. The molecule has 0 bridgehead atoms. The van der Waals surface area contributed by atoms with Crippen molar-refractivity contribution in [3.05, 3.63) is 33.2 Å². The maximum Gasteiger partial charge on any atom is -0.0198 e. The first-order chi connectivity index (χ1) is 6.95. The van der Waals surface area contributed by atoms with E-state index in [1.54, 1.807) is 0 Å². The predicted molar refractivity (Wildman–Crippen MR) is 71.5 cm³/mol. The molecule has 0 radical (unpaired) electrons. The lowest BCUT2D eigenvalue weighted by Crippen LogP contribution is -2.28. The van der Waals surface area contributed by atoms with E-state index in [4.69, 9.17) is 0 Å². The molecule has 0 amide bonds. The zero-order valence-electron chi connectivity index (χ0n) is 11.3. The van der Waals surface area contributed by atoms with Crippen molar-refractivity contribution in [2.24, 2.45) is 0 Å². The molecule has 1 aromatic carbocycles. The Hall–Kier alpha value is -1.04. The summed E-state index contributed by atoms with van der Waals surface area (Å²) in [7, 11) is 0. The van der Waals surface area contributed by atoms with E-state index in [1.807, 2.05) is 13.8 Å². The van der Waals surface area contributed by atoms with E-state index < -0.39 is 0 Å². The Morgan fingerprint density at radius 3 is 1.87 bits per heavy atom. The molecule has 1 aromatic rings. The molecule has 0 atom stereocenters. The minimum Gasteiger partial charge on any atom is -0.0909 e. The number of benzene rings is 1. The Kier molecular flexibility index (Phi) is 5.35. The van der Waals surface area contributed by atoms with Crippen molar-refractivity contribution in [3.8, 4) is 0 Å². The van der Waals surface area contributed by atoms with Crippen LogP contribution in [-0.4, -0.2) is 0 Å². The SMILES string of the molecule is C=c1c(C)c(C)c(C)cc1=C(C)C.CC. The molecule has 0 saturated carbocycles. The van der Waals surface area contributed by atoms with Crippen LogP contribution in [0.1, 0.15) is 44.4 Å². The van der Waals surface area contributed by atoms with Gasteiger partial charge in [-0.25, -0.2) is 0 Å². The second-order valence-corrected chi connectivity index (χ2v) is 3.97. The summed E-state index contributed by atoms with van der Waals surface area (Å²) in [6, 6.07) is 2.24. The lowest BCUT2D eigenvalue weighted by Gasteiger charge is -2.06. The van der Waals surface area contributed by atoms with Crippen molar-refractivity contribution >= 4 is 12.2 Å². The van der Waals surface area contributed by atoms with Crippen molar-refractivity contribution in [3.63, 3.8) is 0 Å². The van der Waals surface area contributed by atoms with Crippen LogP contribution in [0.25, 0.3) is 12.2 Å². The largest absolute Gasteiger partial charge is 0.0909 e. The van der Waals surface area contributed by atoms with Crippen LogP contribution >= 0.6 is 0 Å². The summed E-state index contributed by atoms with van der Waals surface area (Å²) in [5, 5.41) is 2.49. The molecule has 0 aliphatic carbocycles. The third-order valence-corrected chi connectivity index (χ3v) is 2.83. The standard InChI is InChI=1S/C13H18.C2H6/c1-8(2)13-7-9(3)10(4)11(5)12(13)6;1-2/h7H,6H2,1-5H3;1-2H3. The highest BCUT2D eigenvalue weighted by molar-refractivity contribution is 5.45. The number of hydrogen-bond donors (Lipinski definition) is 0. The molecule has 0 fully saturated rings. The fourth-order valence-electron chi connectivity index (χ4n) is 1.58. The maximum atomic E-state index is 4.12. The third kappa shape index (κ3) is 2.95. The van der Waals surface area contributed by atoms with Gasteiger partial charge >= 0.3 is 0 Å².